The van der Waals surface area contributed by atoms with Crippen LogP contribution in [0.1, 0.15) is 43.9 Å². The highest BCUT2D eigenvalue weighted by molar-refractivity contribution is 5.38. The monoisotopic (exact) mass is 222 g/mol. The first kappa shape index (κ1) is 13.0. The first-order valence-electron chi connectivity index (χ1n) is 5.87. The first-order valence-corrected chi connectivity index (χ1v) is 5.87. The van der Waals surface area contributed by atoms with Gasteiger partial charge in [0.25, 0.3) is 0 Å². The van der Waals surface area contributed by atoms with E-state index in [-0.39, 0.29) is 0 Å². The van der Waals surface area contributed by atoms with Crippen molar-refractivity contribution < 1.29 is 9.84 Å². The molecule has 0 aliphatic carbocycles. The minimum absolute atomic E-state index is 0.419. The maximum atomic E-state index is 10.1. The van der Waals surface area contributed by atoms with Crippen molar-refractivity contribution in [2.45, 2.75) is 39.7 Å². The van der Waals surface area contributed by atoms with Crippen molar-refractivity contribution in [3.05, 3.63) is 29.3 Å². The minimum atomic E-state index is -0.419. The van der Waals surface area contributed by atoms with E-state index in [1.807, 2.05) is 25.1 Å². The van der Waals surface area contributed by atoms with E-state index in [2.05, 4.69) is 13.8 Å². The number of methoxy groups -OCH3 is 1. The lowest BCUT2D eigenvalue weighted by Crippen LogP contribution is -2.03. The Morgan fingerprint density at radius 2 is 1.94 bits per heavy atom. The van der Waals surface area contributed by atoms with E-state index >= 15 is 0 Å². The molecule has 0 spiro atoms. The molecule has 0 aromatic heterocycles. The van der Waals surface area contributed by atoms with Crippen LogP contribution in [0.3, 0.4) is 0 Å². The van der Waals surface area contributed by atoms with Crippen molar-refractivity contribution in [2.75, 3.05) is 7.11 Å². The molecule has 16 heavy (non-hydrogen) atoms. The molecule has 1 N–H and O–H groups in total. The predicted molar refractivity (Wildman–Crippen MR) is 66.8 cm³/mol. The van der Waals surface area contributed by atoms with Crippen LogP contribution in [0, 0.1) is 12.8 Å². The normalized spacial score (nSPS) is 12.9. The summed E-state index contributed by atoms with van der Waals surface area (Å²) in [6, 6.07) is 5.92. The Labute approximate surface area is 98.3 Å². The van der Waals surface area contributed by atoms with Gasteiger partial charge >= 0.3 is 0 Å². The van der Waals surface area contributed by atoms with E-state index < -0.39 is 6.10 Å². The summed E-state index contributed by atoms with van der Waals surface area (Å²) >= 11 is 0. The number of aliphatic hydroxyl groups excluding tert-OH is 1. The van der Waals surface area contributed by atoms with Gasteiger partial charge in [0.05, 0.1) is 13.2 Å². The summed E-state index contributed by atoms with van der Waals surface area (Å²) in [5.41, 5.74) is 2.06. The Bertz CT molecular complexity index is 332. The molecule has 90 valence electrons. The average molecular weight is 222 g/mol. The van der Waals surface area contributed by atoms with Crippen LogP contribution < -0.4 is 4.74 Å². The predicted octanol–water partition coefficient (Wildman–Crippen LogP) is 3.47. The maximum Gasteiger partial charge on any atom is 0.124 e. The van der Waals surface area contributed by atoms with Crippen LogP contribution in [0.15, 0.2) is 18.2 Å². The highest BCUT2D eigenvalue weighted by Gasteiger charge is 2.13. The van der Waals surface area contributed by atoms with Gasteiger partial charge in [0, 0.05) is 5.56 Å². The molecule has 0 saturated heterocycles. The standard InChI is InChI=1S/C14H22O2/c1-10(2)5-7-13(15)12-9-11(3)6-8-14(12)16-4/h6,8-10,13,15H,5,7H2,1-4H3. The lowest BCUT2D eigenvalue weighted by atomic mass is 9.98. The summed E-state index contributed by atoms with van der Waals surface area (Å²) in [7, 11) is 1.64. The quantitative estimate of drug-likeness (QED) is 0.826. The summed E-state index contributed by atoms with van der Waals surface area (Å²) in [5, 5.41) is 10.1. The minimum Gasteiger partial charge on any atom is -0.496 e. The number of benzene rings is 1. The second-order valence-electron chi connectivity index (χ2n) is 4.73. The molecule has 0 aliphatic heterocycles. The Morgan fingerprint density at radius 1 is 1.25 bits per heavy atom. The molecule has 1 atom stereocenters. The molecule has 1 aromatic rings. The van der Waals surface area contributed by atoms with Gasteiger partial charge in [-0.2, -0.15) is 0 Å². The smallest absolute Gasteiger partial charge is 0.124 e. The molecule has 0 amide bonds. The fraction of sp³-hybridized carbons (Fsp3) is 0.571. The van der Waals surface area contributed by atoms with Crippen molar-refractivity contribution in [1.29, 1.82) is 0 Å². The number of ether oxygens (including phenoxy) is 1. The molecular weight excluding hydrogens is 200 g/mol. The van der Waals surface area contributed by atoms with Crippen molar-refractivity contribution in [3.8, 4) is 5.75 Å². The average Bonchev–Trinajstić information content (AvgIpc) is 2.25. The number of hydrogen-bond acceptors (Lipinski definition) is 2. The molecule has 0 bridgehead atoms. The third-order valence-electron chi connectivity index (χ3n) is 2.76. The topological polar surface area (TPSA) is 29.5 Å². The molecular formula is C14H22O2. The van der Waals surface area contributed by atoms with E-state index in [4.69, 9.17) is 4.74 Å². The van der Waals surface area contributed by atoms with E-state index in [0.717, 1.165) is 29.7 Å². The van der Waals surface area contributed by atoms with E-state index in [0.29, 0.717) is 5.92 Å². The van der Waals surface area contributed by atoms with Crippen LogP contribution in [-0.4, -0.2) is 12.2 Å². The summed E-state index contributed by atoms with van der Waals surface area (Å²) in [6.45, 7) is 6.36. The molecule has 2 nitrogen and oxygen atoms in total. The van der Waals surface area contributed by atoms with Crippen molar-refractivity contribution in [3.63, 3.8) is 0 Å². The van der Waals surface area contributed by atoms with E-state index in [1.165, 1.54) is 0 Å². The van der Waals surface area contributed by atoms with Crippen molar-refractivity contribution in [2.24, 2.45) is 5.92 Å². The van der Waals surface area contributed by atoms with E-state index in [1.54, 1.807) is 7.11 Å². The van der Waals surface area contributed by atoms with Crippen molar-refractivity contribution in [1.82, 2.24) is 0 Å². The lowest BCUT2D eigenvalue weighted by molar-refractivity contribution is 0.155. The second-order valence-corrected chi connectivity index (χ2v) is 4.73. The second kappa shape index (κ2) is 5.90. The summed E-state index contributed by atoms with van der Waals surface area (Å²) in [6.07, 6.45) is 1.40. The zero-order valence-electron chi connectivity index (χ0n) is 10.7. The highest BCUT2D eigenvalue weighted by Crippen LogP contribution is 2.29. The van der Waals surface area contributed by atoms with Crippen LogP contribution in [-0.2, 0) is 0 Å². The van der Waals surface area contributed by atoms with Crippen LogP contribution in [0.5, 0.6) is 5.75 Å². The van der Waals surface area contributed by atoms with Crippen LogP contribution in [0.25, 0.3) is 0 Å². The number of aliphatic hydroxyl groups is 1. The number of rotatable bonds is 5. The Kier molecular flexibility index (Phi) is 4.81. The third-order valence-corrected chi connectivity index (χ3v) is 2.76. The number of hydrogen-bond donors (Lipinski definition) is 1. The Morgan fingerprint density at radius 3 is 2.50 bits per heavy atom. The number of aryl methyl sites for hydroxylation is 1. The zero-order chi connectivity index (χ0) is 12.1. The molecule has 1 rings (SSSR count). The summed E-state index contributed by atoms with van der Waals surface area (Å²) < 4.78 is 5.27. The third kappa shape index (κ3) is 3.53. The van der Waals surface area contributed by atoms with Gasteiger partial charge in [-0.15, -0.1) is 0 Å². The largest absolute Gasteiger partial charge is 0.496 e. The van der Waals surface area contributed by atoms with Crippen LogP contribution in [0.4, 0.5) is 0 Å². The fourth-order valence-corrected chi connectivity index (χ4v) is 1.76. The van der Waals surface area contributed by atoms with Gasteiger partial charge in [0.15, 0.2) is 0 Å². The molecule has 0 fully saturated rings. The summed E-state index contributed by atoms with van der Waals surface area (Å²) in [4.78, 5) is 0. The molecule has 2 heteroatoms. The first-order chi connectivity index (χ1) is 7.54. The SMILES string of the molecule is COc1ccc(C)cc1C(O)CCC(C)C. The Balaban J connectivity index is 2.80. The van der Waals surface area contributed by atoms with Gasteiger partial charge in [-0.25, -0.2) is 0 Å². The Hall–Kier alpha value is -1.02. The fourth-order valence-electron chi connectivity index (χ4n) is 1.76. The zero-order valence-corrected chi connectivity index (χ0v) is 10.7. The highest BCUT2D eigenvalue weighted by atomic mass is 16.5. The van der Waals surface area contributed by atoms with Gasteiger partial charge in [0.1, 0.15) is 5.75 Å². The van der Waals surface area contributed by atoms with Gasteiger partial charge in [0.2, 0.25) is 0 Å². The van der Waals surface area contributed by atoms with Gasteiger partial charge in [-0.3, -0.25) is 0 Å². The van der Waals surface area contributed by atoms with Crippen molar-refractivity contribution >= 4 is 0 Å². The van der Waals surface area contributed by atoms with Crippen LogP contribution in [0.2, 0.25) is 0 Å². The van der Waals surface area contributed by atoms with Gasteiger partial charge < -0.3 is 9.84 Å². The molecule has 1 aromatic carbocycles. The van der Waals surface area contributed by atoms with Gasteiger partial charge in [-0.1, -0.05) is 25.5 Å². The molecule has 0 saturated carbocycles. The van der Waals surface area contributed by atoms with Crippen LogP contribution >= 0.6 is 0 Å². The van der Waals surface area contributed by atoms with Gasteiger partial charge in [-0.05, 0) is 37.8 Å². The maximum absolute atomic E-state index is 10.1. The molecule has 0 aliphatic rings. The summed E-state index contributed by atoms with van der Waals surface area (Å²) in [5.74, 6) is 1.40. The molecule has 0 heterocycles. The molecule has 0 radical (unpaired) electrons. The lowest BCUT2D eigenvalue weighted by Gasteiger charge is -2.16. The van der Waals surface area contributed by atoms with E-state index in [9.17, 15) is 5.11 Å². The molecule has 1 unspecified atom stereocenters.